The molecule has 2 fully saturated rings. The lowest BCUT2D eigenvalue weighted by atomic mass is 10.1. The molecule has 0 amide bonds. The van der Waals surface area contributed by atoms with Crippen molar-refractivity contribution >= 4 is 82.4 Å². The monoisotopic (exact) mass is 987 g/mol. The molecule has 348 valence electrons. The molecule has 7 rings (SSSR count). The van der Waals surface area contributed by atoms with Crippen LogP contribution in [0.3, 0.4) is 0 Å². The summed E-state index contributed by atoms with van der Waals surface area (Å²) < 4.78 is 67.9. The van der Waals surface area contributed by atoms with E-state index in [4.69, 9.17) is 54.5 Å². The molecule has 7 heterocycles. The third kappa shape index (κ3) is 10.1. The number of anilines is 1. The Hall–Kier alpha value is -2.06. The molecular weight excluding hydrogens is 927 g/mol. The molecule has 0 aromatic carbocycles. The second-order valence-electron chi connectivity index (χ2n) is 19.5. The van der Waals surface area contributed by atoms with Gasteiger partial charge in [-0.3, -0.25) is 9.09 Å². The van der Waals surface area contributed by atoms with Crippen LogP contribution >= 0.6 is 26.2 Å². The van der Waals surface area contributed by atoms with Crippen LogP contribution in [0.1, 0.15) is 72.4 Å². The lowest BCUT2D eigenvalue weighted by Crippen LogP contribution is -2.49. The van der Waals surface area contributed by atoms with Crippen molar-refractivity contribution < 1.29 is 51.5 Å². The van der Waals surface area contributed by atoms with Crippen LogP contribution in [-0.4, -0.2) is 123 Å². The summed E-state index contributed by atoms with van der Waals surface area (Å²) >= 11 is 9.87. The number of hydrogen-bond acceptors (Lipinski definition) is 17. The summed E-state index contributed by atoms with van der Waals surface area (Å²) in [5.74, 6) is 0.657. The van der Waals surface area contributed by atoms with Crippen molar-refractivity contribution in [2.75, 3.05) is 31.8 Å². The van der Waals surface area contributed by atoms with Crippen LogP contribution in [0.5, 0.6) is 5.88 Å². The Morgan fingerprint density at radius 3 is 2.30 bits per heavy atom. The normalized spacial score (nSPS) is 27.3. The lowest BCUT2D eigenvalue weighted by Gasteiger charge is -2.41. The molecular formula is C38H61N8O11P2S2Si2+. The summed E-state index contributed by atoms with van der Waals surface area (Å²) in [6.07, 6.45) is 1.48. The summed E-state index contributed by atoms with van der Waals surface area (Å²) in [5, 5.41) is 11.3. The molecule has 3 aliphatic rings. The van der Waals surface area contributed by atoms with Crippen LogP contribution in [0, 0.1) is 0 Å². The van der Waals surface area contributed by atoms with Gasteiger partial charge in [0.1, 0.15) is 66.6 Å². The smallest absolute Gasteiger partial charge is 0.477 e. The molecule has 0 bridgehead atoms. The Kier molecular flexibility index (Phi) is 14.4. The van der Waals surface area contributed by atoms with Crippen LogP contribution in [0.4, 0.5) is 5.82 Å². The van der Waals surface area contributed by atoms with Crippen molar-refractivity contribution in [3.63, 3.8) is 0 Å². The van der Waals surface area contributed by atoms with E-state index in [1.54, 1.807) is 4.57 Å². The lowest BCUT2D eigenvalue weighted by molar-refractivity contribution is -0.0581. The average Bonchev–Trinajstić information content (AvgIpc) is 3.94. The molecule has 4 N–H and O–H groups in total. The van der Waals surface area contributed by atoms with E-state index in [1.807, 2.05) is 10.8 Å². The van der Waals surface area contributed by atoms with Crippen molar-refractivity contribution in [3.05, 3.63) is 30.7 Å². The third-order valence-electron chi connectivity index (χ3n) is 13.2. The highest BCUT2D eigenvalue weighted by atomic mass is 32.7. The largest absolute Gasteiger partial charge is 0.582 e. The van der Waals surface area contributed by atoms with Gasteiger partial charge in [-0.15, -0.1) is 4.52 Å². The molecule has 2 unspecified atom stereocenters. The van der Waals surface area contributed by atoms with Crippen molar-refractivity contribution in [2.24, 2.45) is 0 Å². The standard InChI is InChI=1S/C38H60N8O11P2S2Si2/c1-37(2,3)62(7,8)21-51-27-24(54-35(29(27)55-58(48)60)46-20-44-26-31(39)40-18-42-33(26)46)17-52-59(49,61)56-28-23(16-47)53-36(30(28)57-63(9,10)38(4,5)6)45-15-22-13-11-12-14-50-34-25(22)32(45)41-19-43-34/h15,18-20,23-24,27-30,35-36,47H,11-14,16-17,21H2,1-10H3,(H3-,39,40,42,48,49,60,61)/p+1/t23-,24-,27-,28-,29-,30-,35-,36-,59?/m1/s1. The highest BCUT2D eigenvalue weighted by Crippen LogP contribution is 2.53. The van der Waals surface area contributed by atoms with Gasteiger partial charge in [-0.2, -0.15) is 0 Å². The van der Waals surface area contributed by atoms with E-state index < -0.39 is 86.0 Å². The number of hydrogen-bond donors (Lipinski definition) is 4. The van der Waals surface area contributed by atoms with E-state index in [1.165, 1.54) is 19.0 Å². The Bertz CT molecular complexity index is 2350. The summed E-state index contributed by atoms with van der Waals surface area (Å²) in [6.45, 7) is 17.0. The predicted molar refractivity (Wildman–Crippen MR) is 248 cm³/mol. The number of aliphatic hydroxyl groups is 1. The quantitative estimate of drug-likeness (QED) is 0.0547. The van der Waals surface area contributed by atoms with Gasteiger partial charge < -0.3 is 48.2 Å². The maximum absolute atomic E-state index is 12.7. The first-order valence-corrected chi connectivity index (χ1v) is 32.1. The number of aliphatic hydroxyl groups excluding tert-OH is 1. The third-order valence-corrected chi connectivity index (χ3v) is 24.9. The summed E-state index contributed by atoms with van der Waals surface area (Å²) in [7, 11) is -7.16. The van der Waals surface area contributed by atoms with Gasteiger partial charge in [-0.25, -0.2) is 24.9 Å². The molecule has 3 aliphatic heterocycles. The zero-order valence-corrected chi connectivity index (χ0v) is 42.9. The van der Waals surface area contributed by atoms with Gasteiger partial charge in [0.25, 0.3) is 0 Å². The summed E-state index contributed by atoms with van der Waals surface area (Å²) in [5.41, 5.74) is 8.39. The van der Waals surface area contributed by atoms with Crippen LogP contribution in [0.15, 0.2) is 25.2 Å². The molecule has 0 aliphatic carbocycles. The van der Waals surface area contributed by atoms with Gasteiger partial charge in [0.2, 0.25) is 5.88 Å². The minimum atomic E-state index is -4.22. The number of ether oxygens (including phenoxy) is 4. The first kappa shape index (κ1) is 48.9. The van der Waals surface area contributed by atoms with Crippen LogP contribution in [-0.2, 0) is 55.0 Å². The number of fused-ring (bicyclic) bond motifs is 1. The number of rotatable bonds is 15. The maximum atomic E-state index is 12.7. The Morgan fingerprint density at radius 2 is 1.62 bits per heavy atom. The summed E-state index contributed by atoms with van der Waals surface area (Å²) in [6, 6.07) is 0. The van der Waals surface area contributed by atoms with Crippen molar-refractivity contribution in [2.45, 2.75) is 146 Å². The number of thiol groups is 1. The first-order chi connectivity index (χ1) is 29.4. The molecule has 10 atom stereocenters. The second-order valence-corrected chi connectivity index (χ2v) is 34.3. The fourth-order valence-electron chi connectivity index (χ4n) is 7.47. The molecule has 4 aromatic heterocycles. The Balaban J connectivity index is 1.21. The fourth-order valence-corrected chi connectivity index (χ4v) is 12.0. The molecule has 0 radical (unpaired) electrons. The number of imidazole rings is 1. The number of aryl methyl sites for hydroxylation is 1. The SMILES string of the molecule is CC(C)(C)[Si](C)(C)CO[C@H]1[C@@H](O[P+](=O)S)[C@H](n2cnc3c(N)ncnc32)O[C@@H]1COP(O)(=S)O[C@H]1[C@@H](O[Si](C)(C)C(C)(C)C)[C@H](n2cc3c4c(ncnc42)OCCCC3)O[C@@H]1CO. The van der Waals surface area contributed by atoms with Gasteiger partial charge in [-0.1, -0.05) is 54.6 Å². The van der Waals surface area contributed by atoms with E-state index in [-0.39, 0.29) is 22.5 Å². The van der Waals surface area contributed by atoms with Crippen molar-refractivity contribution in [1.82, 2.24) is 34.1 Å². The molecule has 25 heteroatoms. The van der Waals surface area contributed by atoms with Gasteiger partial charge in [0, 0.05) is 12.4 Å². The van der Waals surface area contributed by atoms with Crippen molar-refractivity contribution in [3.8, 4) is 5.88 Å². The van der Waals surface area contributed by atoms with Crippen LogP contribution in [0.25, 0.3) is 22.2 Å². The number of nitrogens with two attached hydrogens (primary N) is 1. The van der Waals surface area contributed by atoms with Gasteiger partial charge in [-0.05, 0) is 64.4 Å². The van der Waals surface area contributed by atoms with Crippen LogP contribution < -0.4 is 10.5 Å². The van der Waals surface area contributed by atoms with Gasteiger partial charge >= 0.3 is 13.9 Å². The zero-order chi connectivity index (χ0) is 45.9. The van der Waals surface area contributed by atoms with E-state index >= 15 is 0 Å². The van der Waals surface area contributed by atoms with Gasteiger partial charge in [0.15, 0.2) is 38.3 Å². The molecule has 0 saturated carbocycles. The fraction of sp³-hybridized carbons (Fsp3) is 0.711. The van der Waals surface area contributed by atoms with Crippen molar-refractivity contribution in [1.29, 1.82) is 0 Å². The second kappa shape index (κ2) is 18.6. The maximum Gasteiger partial charge on any atom is 0.582 e. The topological polar surface area (TPSA) is 232 Å². The number of aromatic nitrogens is 7. The van der Waals surface area contributed by atoms with E-state index in [2.05, 4.69) is 105 Å². The number of nitrogen functional groups attached to an aromatic ring is 1. The Morgan fingerprint density at radius 1 is 0.937 bits per heavy atom. The van der Waals surface area contributed by atoms with E-state index in [0.717, 1.165) is 30.2 Å². The number of nitrogens with zero attached hydrogens (tertiary/aromatic N) is 7. The van der Waals surface area contributed by atoms with E-state index in [9.17, 15) is 14.6 Å². The molecule has 4 aromatic rings. The molecule has 63 heavy (non-hydrogen) atoms. The highest BCUT2D eigenvalue weighted by Gasteiger charge is 2.55. The summed E-state index contributed by atoms with van der Waals surface area (Å²) in [4.78, 5) is 34.0. The Labute approximate surface area is 380 Å². The molecule has 2 saturated heterocycles. The highest BCUT2D eigenvalue weighted by molar-refractivity contribution is 8.39. The minimum Gasteiger partial charge on any atom is -0.477 e. The van der Waals surface area contributed by atoms with Gasteiger partial charge in [0.05, 0.1) is 39.6 Å². The average molecular weight is 988 g/mol. The predicted octanol–water partition coefficient (Wildman–Crippen LogP) is 6.77. The zero-order valence-electron chi connectivity index (χ0n) is 37.4. The molecule has 0 spiro atoms. The first-order valence-electron chi connectivity index (χ1n) is 21.0. The van der Waals surface area contributed by atoms with Crippen LogP contribution in [0.2, 0.25) is 36.3 Å². The minimum absolute atomic E-state index is 0.0437. The molecule has 19 nitrogen and oxygen atoms in total. The van der Waals surface area contributed by atoms with E-state index in [0.29, 0.717) is 35.5 Å².